The molecule has 0 aliphatic heterocycles. The Hall–Kier alpha value is -1.51. The van der Waals surface area contributed by atoms with Crippen LogP contribution in [-0.4, -0.2) is 31.0 Å². The largest absolute Gasteiger partial charge is 0.497 e. The van der Waals surface area contributed by atoms with Crippen LogP contribution < -0.4 is 4.74 Å². The first-order valence-corrected chi connectivity index (χ1v) is 8.16. The van der Waals surface area contributed by atoms with Crippen molar-refractivity contribution in [1.82, 2.24) is 4.90 Å². The van der Waals surface area contributed by atoms with Gasteiger partial charge in [-0.15, -0.1) is 0 Å². The zero-order valence-corrected chi connectivity index (χ0v) is 13.7. The van der Waals surface area contributed by atoms with Gasteiger partial charge in [-0.3, -0.25) is 4.79 Å². The van der Waals surface area contributed by atoms with Crippen molar-refractivity contribution in [3.63, 3.8) is 0 Å². The minimum Gasteiger partial charge on any atom is -0.497 e. The molecule has 0 saturated heterocycles. The maximum Gasteiger partial charge on any atom is 0.253 e. The highest BCUT2D eigenvalue weighted by Crippen LogP contribution is 2.14. The van der Waals surface area contributed by atoms with Crippen LogP contribution in [0.2, 0.25) is 0 Å². The van der Waals surface area contributed by atoms with Crippen molar-refractivity contribution in [1.29, 1.82) is 0 Å². The molecule has 0 bridgehead atoms. The molecule has 0 heterocycles. The quantitative estimate of drug-likeness (QED) is 0.593. The van der Waals surface area contributed by atoms with Crippen molar-refractivity contribution >= 4 is 5.91 Å². The Labute approximate surface area is 129 Å². The Morgan fingerprint density at radius 3 is 1.90 bits per heavy atom. The lowest BCUT2D eigenvalue weighted by atomic mass is 10.1. The van der Waals surface area contributed by atoms with Gasteiger partial charge >= 0.3 is 0 Å². The molecule has 0 aliphatic rings. The summed E-state index contributed by atoms with van der Waals surface area (Å²) < 4.78 is 5.14. The van der Waals surface area contributed by atoms with Crippen LogP contribution in [0.25, 0.3) is 0 Å². The van der Waals surface area contributed by atoms with Gasteiger partial charge in [0.25, 0.3) is 5.91 Å². The van der Waals surface area contributed by atoms with Gasteiger partial charge < -0.3 is 9.64 Å². The van der Waals surface area contributed by atoms with E-state index in [4.69, 9.17) is 4.74 Å². The summed E-state index contributed by atoms with van der Waals surface area (Å²) in [5.74, 6) is 0.930. The van der Waals surface area contributed by atoms with Crippen LogP contribution >= 0.6 is 0 Å². The summed E-state index contributed by atoms with van der Waals surface area (Å²) in [5.41, 5.74) is 0.754. The van der Waals surface area contributed by atoms with Crippen LogP contribution in [0.1, 0.15) is 62.7 Å². The molecule has 3 heteroatoms. The van der Waals surface area contributed by atoms with Gasteiger partial charge in [-0.2, -0.15) is 0 Å². The molecule has 0 atom stereocenters. The number of carbonyl (C=O) groups excluding carboxylic acids is 1. The maximum absolute atomic E-state index is 12.6. The van der Waals surface area contributed by atoms with Gasteiger partial charge in [0.05, 0.1) is 7.11 Å². The second-order valence-corrected chi connectivity index (χ2v) is 5.43. The second-order valence-electron chi connectivity index (χ2n) is 5.43. The molecule has 0 N–H and O–H groups in total. The summed E-state index contributed by atoms with van der Waals surface area (Å²) >= 11 is 0. The fourth-order valence-corrected chi connectivity index (χ4v) is 2.34. The molecular formula is C18H29NO2. The predicted molar refractivity (Wildman–Crippen MR) is 87.9 cm³/mol. The Morgan fingerprint density at radius 1 is 0.952 bits per heavy atom. The third-order valence-corrected chi connectivity index (χ3v) is 3.69. The smallest absolute Gasteiger partial charge is 0.253 e. The zero-order chi connectivity index (χ0) is 15.5. The van der Waals surface area contributed by atoms with Gasteiger partial charge in [0.1, 0.15) is 5.75 Å². The van der Waals surface area contributed by atoms with Crippen molar-refractivity contribution in [3.05, 3.63) is 29.8 Å². The number of hydrogen-bond donors (Lipinski definition) is 0. The van der Waals surface area contributed by atoms with Crippen LogP contribution in [0, 0.1) is 0 Å². The molecule has 0 radical (unpaired) electrons. The fraction of sp³-hybridized carbons (Fsp3) is 0.611. The summed E-state index contributed by atoms with van der Waals surface area (Å²) in [6.45, 7) is 6.10. The predicted octanol–water partition coefficient (Wildman–Crippen LogP) is 4.52. The molecule has 0 spiro atoms. The molecule has 0 fully saturated rings. The third kappa shape index (κ3) is 6.19. The molecule has 3 nitrogen and oxygen atoms in total. The van der Waals surface area contributed by atoms with Gasteiger partial charge in [0.15, 0.2) is 0 Å². The second kappa shape index (κ2) is 10.3. The standard InChI is InChI=1S/C18H29NO2/c1-4-6-8-14-19(15-9-7-5-2)18(20)16-10-12-17(21-3)13-11-16/h10-13H,4-9,14-15H2,1-3H3. The lowest BCUT2D eigenvalue weighted by molar-refractivity contribution is 0.0749. The Morgan fingerprint density at radius 2 is 1.48 bits per heavy atom. The summed E-state index contributed by atoms with van der Waals surface area (Å²) in [7, 11) is 1.64. The van der Waals surface area contributed by atoms with E-state index in [-0.39, 0.29) is 5.91 Å². The number of nitrogens with zero attached hydrogens (tertiary/aromatic N) is 1. The molecule has 1 amide bonds. The number of hydrogen-bond acceptors (Lipinski definition) is 2. The number of amides is 1. The van der Waals surface area contributed by atoms with E-state index >= 15 is 0 Å². The van der Waals surface area contributed by atoms with Gasteiger partial charge in [-0.25, -0.2) is 0 Å². The highest BCUT2D eigenvalue weighted by atomic mass is 16.5. The highest BCUT2D eigenvalue weighted by molar-refractivity contribution is 5.94. The van der Waals surface area contributed by atoms with Gasteiger partial charge in [-0.1, -0.05) is 39.5 Å². The fourth-order valence-electron chi connectivity index (χ4n) is 2.34. The average molecular weight is 291 g/mol. The summed E-state index contributed by atoms with van der Waals surface area (Å²) in [5, 5.41) is 0. The minimum absolute atomic E-state index is 0.143. The maximum atomic E-state index is 12.6. The lowest BCUT2D eigenvalue weighted by Gasteiger charge is -2.23. The number of benzene rings is 1. The number of methoxy groups -OCH3 is 1. The molecular weight excluding hydrogens is 262 g/mol. The summed E-state index contributed by atoms with van der Waals surface area (Å²) in [6, 6.07) is 7.41. The Bertz CT molecular complexity index is 390. The molecule has 0 unspecified atom stereocenters. The van der Waals surface area contributed by atoms with E-state index in [9.17, 15) is 4.79 Å². The molecule has 0 aliphatic carbocycles. The van der Waals surface area contributed by atoms with Crippen LogP contribution in [-0.2, 0) is 0 Å². The van der Waals surface area contributed by atoms with E-state index in [2.05, 4.69) is 13.8 Å². The van der Waals surface area contributed by atoms with Crippen molar-refractivity contribution in [2.24, 2.45) is 0 Å². The van der Waals surface area contributed by atoms with Gasteiger partial charge in [0.2, 0.25) is 0 Å². The van der Waals surface area contributed by atoms with E-state index in [1.807, 2.05) is 29.2 Å². The topological polar surface area (TPSA) is 29.5 Å². The zero-order valence-electron chi connectivity index (χ0n) is 13.7. The molecule has 21 heavy (non-hydrogen) atoms. The molecule has 0 aromatic heterocycles. The van der Waals surface area contributed by atoms with Crippen molar-refractivity contribution in [2.45, 2.75) is 52.4 Å². The number of ether oxygens (including phenoxy) is 1. The van der Waals surface area contributed by atoms with E-state index in [1.54, 1.807) is 7.11 Å². The molecule has 1 aromatic rings. The number of unbranched alkanes of at least 4 members (excludes halogenated alkanes) is 4. The molecule has 1 aromatic carbocycles. The van der Waals surface area contributed by atoms with Gasteiger partial charge in [-0.05, 0) is 37.1 Å². The minimum atomic E-state index is 0.143. The Kier molecular flexibility index (Phi) is 8.56. The van der Waals surface area contributed by atoms with Gasteiger partial charge in [0, 0.05) is 18.7 Å². The van der Waals surface area contributed by atoms with E-state index in [0.29, 0.717) is 0 Å². The first kappa shape index (κ1) is 17.5. The monoisotopic (exact) mass is 291 g/mol. The van der Waals surface area contributed by atoms with E-state index in [1.165, 1.54) is 25.7 Å². The van der Waals surface area contributed by atoms with Crippen molar-refractivity contribution in [3.8, 4) is 5.75 Å². The normalized spacial score (nSPS) is 10.4. The average Bonchev–Trinajstić information content (AvgIpc) is 2.53. The summed E-state index contributed by atoms with van der Waals surface area (Å²) in [4.78, 5) is 14.6. The SMILES string of the molecule is CCCCCN(CCCCC)C(=O)c1ccc(OC)cc1. The Balaban J connectivity index is 2.66. The van der Waals surface area contributed by atoms with Crippen LogP contribution in [0.5, 0.6) is 5.75 Å². The summed E-state index contributed by atoms with van der Waals surface area (Å²) in [6.07, 6.45) is 6.90. The lowest BCUT2D eigenvalue weighted by Crippen LogP contribution is -2.33. The number of rotatable bonds is 10. The third-order valence-electron chi connectivity index (χ3n) is 3.69. The number of carbonyl (C=O) groups is 1. The van der Waals surface area contributed by atoms with Crippen LogP contribution in [0.3, 0.4) is 0 Å². The van der Waals surface area contributed by atoms with E-state index < -0.39 is 0 Å². The van der Waals surface area contributed by atoms with E-state index in [0.717, 1.165) is 37.2 Å². The molecule has 1 rings (SSSR count). The van der Waals surface area contributed by atoms with Crippen molar-refractivity contribution in [2.75, 3.05) is 20.2 Å². The first-order valence-electron chi connectivity index (χ1n) is 8.16. The van der Waals surface area contributed by atoms with Crippen LogP contribution in [0.15, 0.2) is 24.3 Å². The van der Waals surface area contributed by atoms with Crippen molar-refractivity contribution < 1.29 is 9.53 Å². The molecule has 0 saturated carbocycles. The van der Waals surface area contributed by atoms with Crippen LogP contribution in [0.4, 0.5) is 0 Å². The molecule has 118 valence electrons. The highest BCUT2D eigenvalue weighted by Gasteiger charge is 2.14. The first-order chi connectivity index (χ1) is 10.2.